The number of nitrogens with zero attached hydrogens (tertiary/aromatic N) is 1. The molecule has 1 aliphatic rings. The molecule has 0 saturated heterocycles. The molecule has 130 valence electrons. The van der Waals surface area contributed by atoms with E-state index in [0.717, 1.165) is 12.8 Å². The number of aromatic carboxylic acids is 1. The second-order valence-corrected chi connectivity index (χ2v) is 6.82. The van der Waals surface area contributed by atoms with E-state index < -0.39 is 16.5 Å². The summed E-state index contributed by atoms with van der Waals surface area (Å²) in [7, 11) is 0. The van der Waals surface area contributed by atoms with E-state index in [9.17, 15) is 14.9 Å². The van der Waals surface area contributed by atoms with Gasteiger partial charge in [0, 0.05) is 18.1 Å². The fraction of sp³-hybridized carbons (Fsp3) is 0.316. The van der Waals surface area contributed by atoms with Gasteiger partial charge in [0.25, 0.3) is 0 Å². The van der Waals surface area contributed by atoms with Gasteiger partial charge in [-0.05, 0) is 43.9 Å². The Morgan fingerprint density at radius 1 is 1.20 bits per heavy atom. The molecule has 0 saturated carbocycles. The molecule has 0 radical (unpaired) electrons. The van der Waals surface area contributed by atoms with Crippen molar-refractivity contribution >= 4 is 11.7 Å². The van der Waals surface area contributed by atoms with Gasteiger partial charge in [0.15, 0.2) is 5.75 Å². The first-order valence-electron chi connectivity index (χ1n) is 8.05. The summed E-state index contributed by atoms with van der Waals surface area (Å²) < 4.78 is 6.00. The summed E-state index contributed by atoms with van der Waals surface area (Å²) in [5.74, 6) is -1.00. The van der Waals surface area contributed by atoms with Crippen molar-refractivity contribution < 1.29 is 19.6 Å². The molecule has 6 nitrogen and oxygen atoms in total. The third-order valence-electron chi connectivity index (χ3n) is 4.81. The molecule has 0 bridgehead atoms. The molecule has 0 amide bonds. The van der Waals surface area contributed by atoms with Crippen LogP contribution in [0.15, 0.2) is 42.5 Å². The third-order valence-corrected chi connectivity index (χ3v) is 4.81. The van der Waals surface area contributed by atoms with Crippen molar-refractivity contribution in [2.45, 2.75) is 32.3 Å². The molecule has 0 aromatic heterocycles. The van der Waals surface area contributed by atoms with Crippen LogP contribution in [0.2, 0.25) is 0 Å². The molecule has 2 aromatic rings. The van der Waals surface area contributed by atoms with Crippen LogP contribution in [0.4, 0.5) is 5.69 Å². The largest absolute Gasteiger partial charge is 0.481 e. The Labute approximate surface area is 145 Å². The average molecular weight is 341 g/mol. The molecule has 0 heterocycles. The van der Waals surface area contributed by atoms with Gasteiger partial charge in [0.1, 0.15) is 5.60 Å². The van der Waals surface area contributed by atoms with Crippen molar-refractivity contribution in [3.05, 3.63) is 69.3 Å². The quantitative estimate of drug-likeness (QED) is 0.659. The molecule has 3 rings (SSSR count). The minimum absolute atomic E-state index is 0.00847. The van der Waals surface area contributed by atoms with E-state index >= 15 is 0 Å². The molecule has 0 fully saturated rings. The Morgan fingerprint density at radius 2 is 1.80 bits per heavy atom. The summed E-state index contributed by atoms with van der Waals surface area (Å²) in [6, 6.07) is 11.8. The zero-order valence-corrected chi connectivity index (χ0v) is 14.1. The van der Waals surface area contributed by atoms with Crippen molar-refractivity contribution in [2.75, 3.05) is 0 Å². The lowest BCUT2D eigenvalue weighted by Gasteiger charge is -2.32. The van der Waals surface area contributed by atoms with Gasteiger partial charge in [0.05, 0.1) is 10.5 Å². The van der Waals surface area contributed by atoms with Gasteiger partial charge in [-0.1, -0.05) is 24.3 Å². The number of rotatable bonds is 5. The number of nitro groups is 1. The van der Waals surface area contributed by atoms with Crippen LogP contribution in [0, 0.1) is 16.0 Å². The van der Waals surface area contributed by atoms with Crippen molar-refractivity contribution in [3.63, 3.8) is 0 Å². The highest BCUT2D eigenvalue weighted by atomic mass is 16.6. The Morgan fingerprint density at radius 3 is 2.32 bits per heavy atom. The molecule has 0 atom stereocenters. The molecule has 1 aliphatic carbocycles. The molecule has 1 N–H and O–H groups in total. The second kappa shape index (κ2) is 6.20. The molecule has 25 heavy (non-hydrogen) atoms. The zero-order chi connectivity index (χ0) is 18.2. The minimum Gasteiger partial charge on any atom is -0.481 e. The molecular weight excluding hydrogens is 322 g/mol. The average Bonchev–Trinajstić information content (AvgIpc) is 2.99. The van der Waals surface area contributed by atoms with Crippen LogP contribution in [0.3, 0.4) is 0 Å². The van der Waals surface area contributed by atoms with Gasteiger partial charge < -0.3 is 9.84 Å². The maximum Gasteiger partial charge on any atom is 0.335 e. The van der Waals surface area contributed by atoms with Crippen LogP contribution in [-0.2, 0) is 12.8 Å². The van der Waals surface area contributed by atoms with E-state index in [-0.39, 0.29) is 22.9 Å². The summed E-state index contributed by atoms with van der Waals surface area (Å²) in [5, 5.41) is 20.4. The fourth-order valence-corrected chi connectivity index (χ4v) is 3.30. The molecule has 0 spiro atoms. The Hall–Kier alpha value is -2.89. The van der Waals surface area contributed by atoms with Crippen molar-refractivity contribution in [3.8, 4) is 5.75 Å². The maximum absolute atomic E-state index is 11.3. The minimum atomic E-state index is -1.15. The van der Waals surface area contributed by atoms with E-state index in [1.807, 2.05) is 26.0 Å². The lowest BCUT2D eigenvalue weighted by atomic mass is 9.88. The second-order valence-electron chi connectivity index (χ2n) is 6.82. The predicted octanol–water partition coefficient (Wildman–Crippen LogP) is 3.87. The highest BCUT2D eigenvalue weighted by Gasteiger charge is 2.37. The summed E-state index contributed by atoms with van der Waals surface area (Å²) in [5.41, 5.74) is 1.58. The van der Waals surface area contributed by atoms with E-state index in [2.05, 4.69) is 12.1 Å². The highest BCUT2D eigenvalue weighted by molar-refractivity contribution is 5.88. The van der Waals surface area contributed by atoms with E-state index in [4.69, 9.17) is 9.84 Å². The number of carboxylic acid groups (broad SMARTS) is 1. The monoisotopic (exact) mass is 341 g/mol. The van der Waals surface area contributed by atoms with Gasteiger partial charge in [-0.15, -0.1) is 0 Å². The van der Waals surface area contributed by atoms with E-state index in [1.165, 1.54) is 29.3 Å². The van der Waals surface area contributed by atoms with Gasteiger partial charge in [0.2, 0.25) is 0 Å². The summed E-state index contributed by atoms with van der Waals surface area (Å²) >= 11 is 0. The van der Waals surface area contributed by atoms with Crippen LogP contribution >= 0.6 is 0 Å². The number of fused-ring (bicyclic) bond motifs is 1. The van der Waals surface area contributed by atoms with Crippen molar-refractivity contribution in [2.24, 2.45) is 5.92 Å². The van der Waals surface area contributed by atoms with E-state index in [0.29, 0.717) is 0 Å². The number of carbonyl (C=O) groups is 1. The number of nitro benzene ring substituents is 1. The smallest absolute Gasteiger partial charge is 0.335 e. The van der Waals surface area contributed by atoms with Crippen LogP contribution in [0.1, 0.15) is 35.3 Å². The van der Waals surface area contributed by atoms with Crippen LogP contribution in [-0.4, -0.2) is 21.6 Å². The predicted molar refractivity (Wildman–Crippen MR) is 92.1 cm³/mol. The molecule has 0 unspecified atom stereocenters. The van der Waals surface area contributed by atoms with Gasteiger partial charge in [-0.3, -0.25) is 10.1 Å². The molecular formula is C19H19NO5. The highest BCUT2D eigenvalue weighted by Crippen LogP contribution is 2.39. The van der Waals surface area contributed by atoms with Crippen LogP contribution in [0.25, 0.3) is 0 Å². The number of hydrogen-bond donors (Lipinski definition) is 1. The first kappa shape index (κ1) is 17.0. The standard InChI is InChI=1S/C19H19NO5/c1-19(2,15-9-12-5-3-4-6-13(12)10-15)25-17-11-14(18(21)22)7-8-16(17)20(23)24/h3-8,11,15H,9-10H2,1-2H3,(H,21,22). The lowest BCUT2D eigenvalue weighted by molar-refractivity contribution is -0.386. The zero-order valence-electron chi connectivity index (χ0n) is 14.1. The third kappa shape index (κ3) is 3.33. The summed E-state index contributed by atoms with van der Waals surface area (Å²) in [4.78, 5) is 21.9. The summed E-state index contributed by atoms with van der Waals surface area (Å²) in [6.45, 7) is 3.78. The van der Waals surface area contributed by atoms with Gasteiger partial charge in [-0.2, -0.15) is 0 Å². The number of carboxylic acids is 1. The van der Waals surface area contributed by atoms with Gasteiger partial charge in [-0.25, -0.2) is 4.79 Å². The Kier molecular flexibility index (Phi) is 4.20. The van der Waals surface area contributed by atoms with E-state index in [1.54, 1.807) is 0 Å². The number of hydrogen-bond acceptors (Lipinski definition) is 4. The Balaban J connectivity index is 1.89. The topological polar surface area (TPSA) is 89.7 Å². The van der Waals surface area contributed by atoms with Crippen molar-refractivity contribution in [1.82, 2.24) is 0 Å². The molecule has 6 heteroatoms. The van der Waals surface area contributed by atoms with Crippen LogP contribution < -0.4 is 4.74 Å². The van der Waals surface area contributed by atoms with Crippen LogP contribution in [0.5, 0.6) is 5.75 Å². The fourth-order valence-electron chi connectivity index (χ4n) is 3.30. The SMILES string of the molecule is CC(C)(Oc1cc(C(=O)O)ccc1[N+](=O)[O-])C1Cc2ccccc2C1. The number of ether oxygens (including phenoxy) is 1. The maximum atomic E-state index is 11.3. The van der Waals surface area contributed by atoms with Crippen molar-refractivity contribution in [1.29, 1.82) is 0 Å². The summed E-state index contributed by atoms with van der Waals surface area (Å²) in [6.07, 6.45) is 1.66. The Bertz CT molecular complexity index is 818. The first-order valence-corrected chi connectivity index (χ1v) is 8.05. The van der Waals surface area contributed by atoms with Gasteiger partial charge >= 0.3 is 11.7 Å². The lowest BCUT2D eigenvalue weighted by Crippen LogP contribution is -2.38. The molecule has 0 aliphatic heterocycles. The number of benzene rings is 2. The first-order chi connectivity index (χ1) is 11.8. The molecule has 2 aromatic carbocycles. The normalized spacial score (nSPS) is 14.2.